The monoisotopic (exact) mass is 458 g/mol. The first-order chi connectivity index (χ1) is 15.3. The molecule has 1 amide bonds. The van der Waals surface area contributed by atoms with Crippen molar-refractivity contribution in [1.29, 1.82) is 0 Å². The second-order valence-electron chi connectivity index (χ2n) is 8.68. The van der Waals surface area contributed by atoms with E-state index < -0.39 is 9.73 Å². The summed E-state index contributed by atoms with van der Waals surface area (Å²) in [6, 6.07) is 11.4. The summed E-state index contributed by atoms with van der Waals surface area (Å²) in [5.74, 6) is 2.32. The fourth-order valence-electron chi connectivity index (χ4n) is 3.58. The van der Waals surface area contributed by atoms with Crippen LogP contribution in [0.1, 0.15) is 19.3 Å². The maximum absolute atomic E-state index is 12.1. The Morgan fingerprint density at radius 1 is 1.22 bits per heavy atom. The molecule has 9 heteroatoms. The quantitative estimate of drug-likeness (QED) is 0.619. The lowest BCUT2D eigenvalue weighted by Gasteiger charge is -2.20. The first kappa shape index (κ1) is 22.5. The van der Waals surface area contributed by atoms with Gasteiger partial charge in [-0.25, -0.2) is 9.19 Å². The van der Waals surface area contributed by atoms with Gasteiger partial charge in [-0.2, -0.15) is 4.36 Å². The summed E-state index contributed by atoms with van der Waals surface area (Å²) in [5.41, 5.74) is 1.04. The normalized spacial score (nSPS) is 18.4. The summed E-state index contributed by atoms with van der Waals surface area (Å²) < 4.78 is 27.3. The summed E-state index contributed by atoms with van der Waals surface area (Å²) >= 11 is 0. The van der Waals surface area contributed by atoms with Crippen LogP contribution in [0.3, 0.4) is 0 Å². The van der Waals surface area contributed by atoms with Crippen LogP contribution >= 0.6 is 0 Å². The molecule has 2 heterocycles. The van der Waals surface area contributed by atoms with E-state index in [0.29, 0.717) is 29.8 Å². The smallest absolute Gasteiger partial charge is 0.246 e. The van der Waals surface area contributed by atoms with Crippen LogP contribution in [0.4, 0.5) is 11.5 Å². The van der Waals surface area contributed by atoms with E-state index in [0.717, 1.165) is 25.2 Å². The Balaban J connectivity index is 1.30. The van der Waals surface area contributed by atoms with Crippen molar-refractivity contribution in [2.24, 2.45) is 10.3 Å². The Kier molecular flexibility index (Phi) is 6.95. The minimum absolute atomic E-state index is 0.0424. The van der Waals surface area contributed by atoms with Gasteiger partial charge in [-0.05, 0) is 49.4 Å². The molecule has 2 aromatic rings. The third-order valence-corrected chi connectivity index (χ3v) is 5.92. The van der Waals surface area contributed by atoms with Gasteiger partial charge in [-0.3, -0.25) is 4.79 Å². The Labute approximate surface area is 189 Å². The number of carbonyl (C=O) groups is 1. The van der Waals surface area contributed by atoms with Gasteiger partial charge in [-0.1, -0.05) is 6.07 Å². The van der Waals surface area contributed by atoms with Gasteiger partial charge in [0, 0.05) is 53.1 Å². The predicted octanol–water partition coefficient (Wildman–Crippen LogP) is 3.35. The lowest BCUT2D eigenvalue weighted by Crippen LogP contribution is -2.39. The van der Waals surface area contributed by atoms with Crippen molar-refractivity contribution in [3.8, 4) is 11.5 Å². The molecule has 2 aliphatic rings. The molecule has 1 saturated carbocycles. The molecule has 0 unspecified atom stereocenters. The van der Waals surface area contributed by atoms with Crippen molar-refractivity contribution in [2.45, 2.75) is 25.3 Å². The van der Waals surface area contributed by atoms with E-state index in [4.69, 9.17) is 9.47 Å². The topological polar surface area (TPSA) is 93.1 Å². The molecule has 1 N–H and O–H groups in total. The third-order valence-electron chi connectivity index (χ3n) is 5.29. The largest absolute Gasteiger partial charge is 0.456 e. The van der Waals surface area contributed by atoms with E-state index in [1.165, 1.54) is 12.8 Å². The summed E-state index contributed by atoms with van der Waals surface area (Å²) in [6.07, 6.45) is 8.06. The fraction of sp³-hybridized carbons (Fsp3) is 0.478. The van der Waals surface area contributed by atoms with Gasteiger partial charge in [0.25, 0.3) is 0 Å². The van der Waals surface area contributed by atoms with E-state index >= 15 is 0 Å². The van der Waals surface area contributed by atoms with Crippen molar-refractivity contribution in [3.05, 3.63) is 42.6 Å². The van der Waals surface area contributed by atoms with Crippen LogP contribution in [0, 0.1) is 5.92 Å². The van der Waals surface area contributed by atoms with Crippen LogP contribution < -0.4 is 15.0 Å². The zero-order valence-corrected chi connectivity index (χ0v) is 19.3. The molecule has 1 saturated heterocycles. The lowest BCUT2D eigenvalue weighted by molar-refractivity contribution is -0.126. The van der Waals surface area contributed by atoms with Gasteiger partial charge < -0.3 is 19.7 Å². The zero-order chi connectivity index (χ0) is 22.6. The maximum Gasteiger partial charge on any atom is 0.246 e. The lowest BCUT2D eigenvalue weighted by atomic mass is 10.2. The number of hydrogen-bond donors (Lipinski definition) is 1. The molecule has 0 radical (unpaired) electrons. The number of amides is 1. The highest BCUT2D eigenvalue weighted by Gasteiger charge is 2.25. The van der Waals surface area contributed by atoms with Crippen LogP contribution in [-0.2, 0) is 19.3 Å². The molecule has 1 atom stereocenters. The summed E-state index contributed by atoms with van der Waals surface area (Å²) in [4.78, 5) is 18.5. The standard InChI is InChI=1S/C23H30N4O4S/c1-32(2,29)26-22-9-8-21(13-24-22)31-20-5-3-4-19(12-20)27-11-10-18(14-27)25-23(28)16-30-15-17-6-7-17/h3-5,8-9,12-13,17-18H,6-7,10-11,14-16H2,1-2H3,(H,25,28)/t18-/m0/s1. The maximum atomic E-state index is 12.1. The van der Waals surface area contributed by atoms with Crippen LogP contribution in [0.2, 0.25) is 0 Å². The summed E-state index contributed by atoms with van der Waals surface area (Å²) in [7, 11) is -2.25. The number of hydrogen-bond acceptors (Lipinski definition) is 7. The SMILES string of the molecule is CS(C)(=O)=Nc1ccc(Oc2cccc(N3CC[C@H](NC(=O)COCC4CC4)C3)c2)cn1. The van der Waals surface area contributed by atoms with E-state index in [1.54, 1.807) is 30.8 Å². The van der Waals surface area contributed by atoms with Crippen LogP contribution in [0.25, 0.3) is 0 Å². The van der Waals surface area contributed by atoms with E-state index in [-0.39, 0.29) is 18.6 Å². The number of aromatic nitrogens is 1. The average molecular weight is 459 g/mol. The molecule has 0 spiro atoms. The number of carbonyl (C=O) groups excluding carboxylic acids is 1. The Bertz CT molecular complexity index is 1050. The summed E-state index contributed by atoms with van der Waals surface area (Å²) in [6.45, 7) is 2.46. The van der Waals surface area contributed by atoms with Crippen molar-refractivity contribution in [3.63, 3.8) is 0 Å². The fourth-order valence-corrected chi connectivity index (χ4v) is 4.14. The van der Waals surface area contributed by atoms with Gasteiger partial charge in [0.1, 0.15) is 18.1 Å². The number of benzene rings is 1. The number of anilines is 1. The molecule has 4 rings (SSSR count). The molecule has 32 heavy (non-hydrogen) atoms. The van der Waals surface area contributed by atoms with Crippen molar-refractivity contribution in [1.82, 2.24) is 10.3 Å². The van der Waals surface area contributed by atoms with Crippen molar-refractivity contribution < 1.29 is 18.5 Å². The molecule has 2 fully saturated rings. The third kappa shape index (κ3) is 6.93. The van der Waals surface area contributed by atoms with Gasteiger partial charge in [0.15, 0.2) is 5.82 Å². The highest BCUT2D eigenvalue weighted by Crippen LogP contribution is 2.29. The summed E-state index contributed by atoms with van der Waals surface area (Å²) in [5, 5.41) is 3.07. The molecule has 1 aliphatic carbocycles. The number of pyridine rings is 1. The Hall–Kier alpha value is -2.65. The number of nitrogens with one attached hydrogen (secondary N) is 1. The highest BCUT2D eigenvalue weighted by atomic mass is 32.2. The minimum atomic E-state index is -2.25. The Morgan fingerprint density at radius 2 is 2.06 bits per heavy atom. The molecule has 0 bridgehead atoms. The first-order valence-corrected chi connectivity index (χ1v) is 13.2. The second kappa shape index (κ2) is 9.87. The predicted molar refractivity (Wildman–Crippen MR) is 125 cm³/mol. The van der Waals surface area contributed by atoms with Crippen LogP contribution in [0.15, 0.2) is 47.0 Å². The highest BCUT2D eigenvalue weighted by molar-refractivity contribution is 7.92. The molecule has 1 aromatic heterocycles. The van der Waals surface area contributed by atoms with E-state index in [2.05, 4.69) is 19.6 Å². The molecule has 172 valence electrons. The van der Waals surface area contributed by atoms with Crippen LogP contribution in [0.5, 0.6) is 11.5 Å². The average Bonchev–Trinajstić information content (AvgIpc) is 3.44. The van der Waals surface area contributed by atoms with E-state index in [9.17, 15) is 9.00 Å². The van der Waals surface area contributed by atoms with Crippen molar-refractivity contribution in [2.75, 3.05) is 43.7 Å². The van der Waals surface area contributed by atoms with Crippen molar-refractivity contribution >= 4 is 27.1 Å². The van der Waals surface area contributed by atoms with Gasteiger partial charge in [-0.15, -0.1) is 0 Å². The van der Waals surface area contributed by atoms with Crippen LogP contribution in [-0.4, -0.2) is 60.0 Å². The first-order valence-electron chi connectivity index (χ1n) is 10.9. The molecular formula is C23H30N4O4S. The molecule has 1 aromatic carbocycles. The number of ether oxygens (including phenoxy) is 2. The minimum Gasteiger partial charge on any atom is -0.456 e. The molecular weight excluding hydrogens is 428 g/mol. The van der Waals surface area contributed by atoms with Gasteiger partial charge in [0.05, 0.1) is 12.8 Å². The van der Waals surface area contributed by atoms with E-state index in [1.807, 2.05) is 24.3 Å². The second-order valence-corrected chi connectivity index (χ2v) is 11.2. The van der Waals surface area contributed by atoms with Gasteiger partial charge in [0.2, 0.25) is 5.91 Å². The molecule has 1 aliphatic heterocycles. The molecule has 8 nitrogen and oxygen atoms in total. The number of rotatable bonds is 9. The number of nitrogens with zero attached hydrogens (tertiary/aromatic N) is 3. The zero-order valence-electron chi connectivity index (χ0n) is 18.5. The van der Waals surface area contributed by atoms with Gasteiger partial charge >= 0.3 is 0 Å². The Morgan fingerprint density at radius 3 is 2.78 bits per heavy atom.